The maximum atomic E-state index is 13.3. The lowest BCUT2D eigenvalue weighted by atomic mass is 10.0. The van der Waals surface area contributed by atoms with Gasteiger partial charge in [-0.15, -0.1) is 0 Å². The molecule has 5 nitrogen and oxygen atoms in total. The van der Waals surface area contributed by atoms with Gasteiger partial charge in [-0.1, -0.05) is 30.3 Å². The van der Waals surface area contributed by atoms with Crippen LogP contribution in [0.15, 0.2) is 58.2 Å². The molecule has 1 aliphatic heterocycles. The molecule has 2 aromatic rings. The molecule has 8 heteroatoms. The molecule has 1 atom stereocenters. The Bertz CT molecular complexity index is 741. The molecule has 23 heavy (non-hydrogen) atoms. The SMILES string of the molecule is O=C(c1ccco1)N1N=C(c2ccccc2)C[C@]1(O)C(F)(F)F. The van der Waals surface area contributed by atoms with Crippen molar-refractivity contribution in [2.45, 2.75) is 18.3 Å². The van der Waals surface area contributed by atoms with Crippen molar-refractivity contribution in [3.8, 4) is 0 Å². The number of aliphatic hydroxyl groups is 1. The summed E-state index contributed by atoms with van der Waals surface area (Å²) in [7, 11) is 0. The van der Waals surface area contributed by atoms with Crippen LogP contribution in [0.2, 0.25) is 0 Å². The van der Waals surface area contributed by atoms with Crippen LogP contribution in [0.25, 0.3) is 0 Å². The normalized spacial score (nSPS) is 21.4. The lowest BCUT2D eigenvalue weighted by Crippen LogP contribution is -2.56. The van der Waals surface area contributed by atoms with Crippen molar-refractivity contribution in [3.63, 3.8) is 0 Å². The van der Waals surface area contributed by atoms with Crippen molar-refractivity contribution in [2.75, 3.05) is 0 Å². The van der Waals surface area contributed by atoms with E-state index in [-0.39, 0.29) is 16.5 Å². The van der Waals surface area contributed by atoms with Crippen LogP contribution >= 0.6 is 0 Å². The fourth-order valence-electron chi connectivity index (χ4n) is 2.28. The Morgan fingerprint density at radius 2 is 1.91 bits per heavy atom. The number of benzene rings is 1. The van der Waals surface area contributed by atoms with E-state index in [4.69, 9.17) is 4.42 Å². The highest BCUT2D eigenvalue weighted by atomic mass is 19.4. The van der Waals surface area contributed by atoms with Crippen LogP contribution in [0.3, 0.4) is 0 Å². The van der Waals surface area contributed by atoms with Gasteiger partial charge in [-0.25, -0.2) is 0 Å². The number of rotatable bonds is 2. The molecular formula is C15H11F3N2O3. The van der Waals surface area contributed by atoms with Crippen molar-refractivity contribution in [1.29, 1.82) is 0 Å². The summed E-state index contributed by atoms with van der Waals surface area (Å²) in [5, 5.41) is 13.9. The van der Waals surface area contributed by atoms with Gasteiger partial charge in [0, 0.05) is 0 Å². The fourth-order valence-corrected chi connectivity index (χ4v) is 2.28. The van der Waals surface area contributed by atoms with Gasteiger partial charge in [0.05, 0.1) is 18.4 Å². The van der Waals surface area contributed by atoms with E-state index in [1.807, 2.05) is 0 Å². The first-order valence-electron chi connectivity index (χ1n) is 6.63. The van der Waals surface area contributed by atoms with Crippen LogP contribution < -0.4 is 0 Å². The van der Waals surface area contributed by atoms with Crippen molar-refractivity contribution < 1.29 is 27.5 Å². The van der Waals surface area contributed by atoms with E-state index in [1.165, 1.54) is 12.1 Å². The van der Waals surface area contributed by atoms with E-state index in [1.54, 1.807) is 30.3 Å². The summed E-state index contributed by atoms with van der Waals surface area (Å²) in [4.78, 5) is 12.2. The molecule has 0 bridgehead atoms. The standard InChI is InChI=1S/C15H11F3N2O3/c16-15(17,18)14(22)9-11(10-5-2-1-3-6-10)19-20(14)13(21)12-7-4-8-23-12/h1-8,22H,9H2/t14-/m0/s1. The van der Waals surface area contributed by atoms with Gasteiger partial charge < -0.3 is 9.52 Å². The van der Waals surface area contributed by atoms with Gasteiger partial charge in [0.1, 0.15) is 0 Å². The maximum absolute atomic E-state index is 13.3. The average Bonchev–Trinajstić information content (AvgIpc) is 3.15. The lowest BCUT2D eigenvalue weighted by Gasteiger charge is -2.31. The Kier molecular flexibility index (Phi) is 3.48. The summed E-state index contributed by atoms with van der Waals surface area (Å²) < 4.78 is 44.8. The quantitative estimate of drug-likeness (QED) is 0.924. The summed E-state index contributed by atoms with van der Waals surface area (Å²) in [5.41, 5.74) is -3.06. The number of hydrazone groups is 1. The number of nitrogens with zero attached hydrogens (tertiary/aromatic N) is 2. The Hall–Kier alpha value is -2.61. The molecule has 0 aliphatic carbocycles. The van der Waals surface area contributed by atoms with Gasteiger partial charge in [-0.05, 0) is 17.7 Å². The van der Waals surface area contributed by atoms with E-state index in [2.05, 4.69) is 5.10 Å². The molecule has 0 fully saturated rings. The second-order valence-corrected chi connectivity index (χ2v) is 5.00. The summed E-state index contributed by atoms with van der Waals surface area (Å²) in [5.74, 6) is -1.51. The minimum atomic E-state index is -5.07. The Morgan fingerprint density at radius 1 is 1.22 bits per heavy atom. The van der Waals surface area contributed by atoms with Crippen molar-refractivity contribution in [1.82, 2.24) is 5.01 Å². The second-order valence-electron chi connectivity index (χ2n) is 5.00. The van der Waals surface area contributed by atoms with Gasteiger partial charge in [-0.2, -0.15) is 23.3 Å². The molecule has 120 valence electrons. The predicted octanol–water partition coefficient (Wildman–Crippen LogP) is 2.78. The van der Waals surface area contributed by atoms with Gasteiger partial charge in [-0.3, -0.25) is 4.79 Å². The summed E-state index contributed by atoms with van der Waals surface area (Å²) in [6.07, 6.45) is -4.78. The molecule has 0 radical (unpaired) electrons. The zero-order valence-corrected chi connectivity index (χ0v) is 11.6. The molecule has 1 aliphatic rings. The van der Waals surface area contributed by atoms with Crippen LogP contribution in [0.4, 0.5) is 13.2 Å². The van der Waals surface area contributed by atoms with Crippen LogP contribution in [-0.2, 0) is 0 Å². The topological polar surface area (TPSA) is 66.0 Å². The average molecular weight is 324 g/mol. The van der Waals surface area contributed by atoms with Gasteiger partial charge in [0.25, 0.3) is 5.72 Å². The number of halogens is 3. The highest BCUT2D eigenvalue weighted by Gasteiger charge is 2.63. The Labute approximate surface area is 128 Å². The van der Waals surface area contributed by atoms with Gasteiger partial charge in [0.2, 0.25) is 0 Å². The molecular weight excluding hydrogens is 313 g/mol. The zero-order chi connectivity index (χ0) is 16.7. The van der Waals surface area contributed by atoms with Crippen LogP contribution in [0, 0.1) is 0 Å². The monoisotopic (exact) mass is 324 g/mol. The van der Waals surface area contributed by atoms with Crippen LogP contribution in [-0.4, -0.2) is 33.6 Å². The molecule has 2 heterocycles. The highest BCUT2D eigenvalue weighted by molar-refractivity contribution is 6.04. The van der Waals surface area contributed by atoms with Crippen LogP contribution in [0.5, 0.6) is 0 Å². The number of carbonyl (C=O) groups is 1. The van der Waals surface area contributed by atoms with Crippen molar-refractivity contribution in [2.24, 2.45) is 5.10 Å². The van der Waals surface area contributed by atoms with Gasteiger partial charge in [0.15, 0.2) is 5.76 Å². The van der Waals surface area contributed by atoms with Crippen molar-refractivity contribution in [3.05, 3.63) is 60.1 Å². The van der Waals surface area contributed by atoms with E-state index < -0.39 is 24.2 Å². The van der Waals surface area contributed by atoms with Crippen LogP contribution in [0.1, 0.15) is 22.5 Å². The maximum Gasteiger partial charge on any atom is 0.438 e. The fraction of sp³-hybridized carbons (Fsp3) is 0.200. The summed E-state index contributed by atoms with van der Waals surface area (Å²) >= 11 is 0. The molecule has 0 saturated carbocycles. The minimum Gasteiger partial charge on any atom is -0.459 e. The lowest BCUT2D eigenvalue weighted by molar-refractivity contribution is -0.297. The molecule has 3 rings (SSSR count). The first kappa shape index (κ1) is 15.3. The van der Waals surface area contributed by atoms with E-state index in [0.29, 0.717) is 5.56 Å². The van der Waals surface area contributed by atoms with E-state index in [9.17, 15) is 23.1 Å². The minimum absolute atomic E-state index is 0.0359. The Balaban J connectivity index is 2.04. The number of amides is 1. The van der Waals surface area contributed by atoms with Crippen molar-refractivity contribution >= 4 is 11.6 Å². The van der Waals surface area contributed by atoms with Gasteiger partial charge >= 0.3 is 12.1 Å². The predicted molar refractivity (Wildman–Crippen MR) is 73.5 cm³/mol. The molecule has 1 aromatic carbocycles. The first-order chi connectivity index (χ1) is 10.8. The number of alkyl halides is 3. The van der Waals surface area contributed by atoms with E-state index in [0.717, 1.165) is 6.26 Å². The molecule has 1 N–H and O–H groups in total. The third kappa shape index (κ3) is 2.50. The molecule has 1 amide bonds. The molecule has 0 spiro atoms. The number of hydrogen-bond donors (Lipinski definition) is 1. The number of hydrogen-bond acceptors (Lipinski definition) is 4. The zero-order valence-electron chi connectivity index (χ0n) is 11.6. The highest BCUT2D eigenvalue weighted by Crippen LogP contribution is 2.41. The van der Waals surface area contributed by atoms with E-state index >= 15 is 0 Å². The molecule has 0 saturated heterocycles. The number of carbonyl (C=O) groups excluding carboxylic acids is 1. The molecule has 0 unspecified atom stereocenters. The smallest absolute Gasteiger partial charge is 0.438 e. The second kappa shape index (κ2) is 5.24. The third-order valence-corrected chi connectivity index (χ3v) is 3.47. The molecule has 1 aromatic heterocycles. The summed E-state index contributed by atoms with van der Waals surface area (Å²) in [6, 6.07) is 10.6. The third-order valence-electron chi connectivity index (χ3n) is 3.47. The first-order valence-corrected chi connectivity index (χ1v) is 6.63. The number of furan rings is 1. The largest absolute Gasteiger partial charge is 0.459 e. The summed E-state index contributed by atoms with van der Waals surface area (Å²) in [6.45, 7) is 0. The Morgan fingerprint density at radius 3 is 2.48 bits per heavy atom.